The maximum atomic E-state index is 14.2. The van der Waals surface area contributed by atoms with E-state index in [1.54, 1.807) is 86.8 Å². The van der Waals surface area contributed by atoms with E-state index in [4.69, 9.17) is 29.4 Å². The molecular formula is C67H104N6O23. The Hall–Kier alpha value is -6.13. The van der Waals surface area contributed by atoms with E-state index in [1.807, 2.05) is 13.0 Å². The molecule has 96 heavy (non-hydrogen) atoms. The second-order valence-corrected chi connectivity index (χ2v) is 25.5. The molecule has 0 radical (unpaired) electrons. The minimum absolute atomic E-state index is 0.0103. The minimum atomic E-state index is -2.39. The zero-order valence-electron chi connectivity index (χ0n) is 55.3. The van der Waals surface area contributed by atoms with Gasteiger partial charge >= 0.3 is 11.9 Å². The summed E-state index contributed by atoms with van der Waals surface area (Å²) in [5, 5.41) is 128. The maximum absolute atomic E-state index is 14.2. The zero-order chi connectivity index (χ0) is 70.6. The fraction of sp³-hybridized carbons (Fsp3) is 0.687. The van der Waals surface area contributed by atoms with E-state index < -0.39 is 195 Å². The highest BCUT2D eigenvalue weighted by Crippen LogP contribution is 2.38. The van der Waals surface area contributed by atoms with Gasteiger partial charge in [-0.3, -0.25) is 28.8 Å². The van der Waals surface area contributed by atoms with Crippen molar-refractivity contribution < 1.29 is 113 Å². The highest BCUT2D eigenvalue weighted by molar-refractivity contribution is 5.93. The molecule has 5 amide bonds. The van der Waals surface area contributed by atoms with Gasteiger partial charge in [0.15, 0.2) is 12.1 Å². The maximum Gasteiger partial charge on any atom is 0.326 e. The summed E-state index contributed by atoms with van der Waals surface area (Å²) in [4.78, 5) is 92.8. The van der Waals surface area contributed by atoms with E-state index in [0.717, 1.165) is 0 Å². The Morgan fingerprint density at radius 2 is 1.21 bits per heavy atom. The zero-order valence-corrected chi connectivity index (χ0v) is 55.3. The van der Waals surface area contributed by atoms with Gasteiger partial charge < -0.3 is 111 Å². The number of carboxylic acid groups (broad SMARTS) is 1. The van der Waals surface area contributed by atoms with Crippen LogP contribution < -0.4 is 21.7 Å². The Kier molecular flexibility index (Phi) is 34.1. The van der Waals surface area contributed by atoms with Crippen molar-refractivity contribution in [2.75, 3.05) is 45.9 Å². The third-order valence-corrected chi connectivity index (χ3v) is 17.9. The summed E-state index contributed by atoms with van der Waals surface area (Å²) in [6.07, 6.45) is 3.88. The van der Waals surface area contributed by atoms with Crippen molar-refractivity contribution in [2.45, 2.75) is 227 Å². The molecule has 5 aliphatic heterocycles. The number of likely N-dealkylation sites (tertiary alicyclic amines) is 2. The summed E-state index contributed by atoms with van der Waals surface area (Å²) < 4.78 is 29.5. The Morgan fingerprint density at radius 3 is 1.84 bits per heavy atom. The SMILES string of the molecule is CC1OC(O[C@H]2/C=C/C=C/C=C/C=C/C=C/C=C/C=C/[C@H](C)[C@@H](O)[C@@H](C)[C@H](C)OC(=O)C[C@H](O)C[C@H](O)CC[C@@H](O)[C@H](O)C[C@H](O)C[C@]3(O)C[C@H](O)[C@@H](C(=O)NCCOCCNC(=O)CCC(=O)N4CCC[C@H]4C(=O)NCC(=O)N4CCC[C@H]4C(=O)O)[C@H](C2)O3)C(O)C(N)C1O. The molecule has 540 valence electrons. The number of esters is 1. The lowest BCUT2D eigenvalue weighted by atomic mass is 9.82. The molecule has 0 aromatic heterocycles. The number of cyclic esters (lactones) is 1. The molecule has 4 fully saturated rings. The number of carbonyl (C=O) groups excluding carboxylic acids is 6. The second-order valence-electron chi connectivity index (χ2n) is 25.5. The number of aliphatic carboxylic acids is 1. The Morgan fingerprint density at radius 1 is 0.615 bits per heavy atom. The van der Waals surface area contributed by atoms with Crippen molar-refractivity contribution in [3.05, 3.63) is 85.1 Å². The Bertz CT molecular complexity index is 2710. The van der Waals surface area contributed by atoms with Crippen molar-refractivity contribution in [1.82, 2.24) is 25.8 Å². The summed E-state index contributed by atoms with van der Waals surface area (Å²) in [5.41, 5.74) is 6.16. The van der Waals surface area contributed by atoms with Crippen LogP contribution in [0.4, 0.5) is 0 Å². The molecule has 21 atom stereocenters. The lowest BCUT2D eigenvalue weighted by Crippen LogP contribution is -2.62. The van der Waals surface area contributed by atoms with Crippen LogP contribution in [0.15, 0.2) is 85.1 Å². The fourth-order valence-electron chi connectivity index (χ4n) is 12.2. The number of carbonyl (C=O) groups is 7. The lowest BCUT2D eigenvalue weighted by Gasteiger charge is -2.46. The molecule has 5 aliphatic rings. The number of hydrogen-bond acceptors (Lipinski definition) is 23. The molecule has 5 unspecified atom stereocenters. The predicted octanol–water partition coefficient (Wildman–Crippen LogP) is -1.16. The first-order valence-electron chi connectivity index (χ1n) is 33.3. The molecule has 5 rings (SSSR count). The Balaban J connectivity index is 1.24. The number of hydrogen-bond donors (Lipinski definition) is 15. The monoisotopic (exact) mass is 1360 g/mol. The highest BCUT2D eigenvalue weighted by Gasteiger charge is 2.51. The topological polar surface area (TPSA) is 457 Å². The van der Waals surface area contributed by atoms with E-state index in [1.165, 1.54) is 22.8 Å². The summed E-state index contributed by atoms with van der Waals surface area (Å²) in [7, 11) is 0. The van der Waals surface area contributed by atoms with E-state index in [0.29, 0.717) is 25.7 Å². The van der Waals surface area contributed by atoms with Crippen molar-refractivity contribution in [3.8, 4) is 0 Å². The number of fused-ring (bicyclic) bond motifs is 2. The van der Waals surface area contributed by atoms with Crippen molar-refractivity contribution in [1.29, 1.82) is 0 Å². The largest absolute Gasteiger partial charge is 0.480 e. The first-order chi connectivity index (χ1) is 45.6. The second kappa shape index (κ2) is 40.7. The van der Waals surface area contributed by atoms with Crippen LogP contribution in [-0.4, -0.2) is 263 Å². The molecule has 0 saturated carbocycles. The average Bonchev–Trinajstić information content (AvgIpc) is 0.908. The van der Waals surface area contributed by atoms with Gasteiger partial charge in [0.05, 0.1) is 105 Å². The molecule has 0 aromatic carbocycles. The lowest BCUT2D eigenvalue weighted by molar-refractivity contribution is -0.307. The quantitative estimate of drug-likeness (QED) is 0.0640. The third-order valence-electron chi connectivity index (χ3n) is 17.9. The van der Waals surface area contributed by atoms with Gasteiger partial charge in [-0.2, -0.15) is 0 Å². The number of nitrogens with two attached hydrogens (primary N) is 1. The standard InChI is InChI=1S/C67H104N6O23/c1-40-19-15-13-11-9-7-5-6-8-10-12-14-16-20-47(95-66-62(86)59(68)61(85)43(4)94-66)36-53-58(52(79)38-67(91,96-53)37-46(76)34-51(78)50(77)24-23-44(74)33-45(75)35-57(83)93-42(3)41(2)60(40)84)64(88)70-28-32-92-31-27-69-54(80)25-26-55(81)72-29-17-21-48(72)63(87)71-39-56(82)73-30-18-22-49(73)65(89)90/h5-16,19-20,40-53,58-62,66,74-79,84-86,91H,17-18,21-39,68H2,1-4H3,(H,69,80)(H,70,88)(H,71,87)(H,89,90)/b6-5+,9-7+,10-8+,13-11+,14-12+,19-15+,20-16+/t40-,41-,42-,43?,44+,45+,46-,47-,48-,49-,50+,51+,52-,53-,58+,59?,60+,61?,62?,66?,67+/m0/s1. The number of allylic oxidation sites excluding steroid dienone is 12. The molecule has 2 bridgehead atoms. The third kappa shape index (κ3) is 26.3. The van der Waals surface area contributed by atoms with E-state index in [9.17, 15) is 89.7 Å². The molecule has 29 heteroatoms. The molecule has 16 N–H and O–H groups in total. The van der Waals surface area contributed by atoms with Gasteiger partial charge in [0, 0.05) is 76.5 Å². The summed E-state index contributed by atoms with van der Waals surface area (Å²) in [5.74, 6) is -9.28. The number of aliphatic hydroxyl groups is 10. The average molecular weight is 1360 g/mol. The van der Waals surface area contributed by atoms with Crippen molar-refractivity contribution >= 4 is 41.5 Å². The number of rotatable bonds is 16. The van der Waals surface area contributed by atoms with Crippen LogP contribution >= 0.6 is 0 Å². The predicted molar refractivity (Wildman–Crippen MR) is 346 cm³/mol. The smallest absolute Gasteiger partial charge is 0.326 e. The molecule has 4 saturated heterocycles. The van der Waals surface area contributed by atoms with Gasteiger partial charge in [0.25, 0.3) is 0 Å². The number of nitrogens with one attached hydrogen (secondary N) is 3. The van der Waals surface area contributed by atoms with Crippen LogP contribution in [0.2, 0.25) is 0 Å². The molecule has 29 nitrogen and oxygen atoms in total. The summed E-state index contributed by atoms with van der Waals surface area (Å²) >= 11 is 0. The number of aliphatic hydroxyl groups excluding tert-OH is 9. The molecule has 0 aliphatic carbocycles. The first-order valence-corrected chi connectivity index (χ1v) is 33.3. The summed E-state index contributed by atoms with van der Waals surface area (Å²) in [6.45, 7) is 6.58. The summed E-state index contributed by atoms with van der Waals surface area (Å²) in [6, 6.07) is -3.02. The van der Waals surface area contributed by atoms with Crippen LogP contribution in [0.25, 0.3) is 0 Å². The Labute approximate surface area is 560 Å². The van der Waals surface area contributed by atoms with Crippen LogP contribution in [0, 0.1) is 17.8 Å². The number of carboxylic acids is 1. The van der Waals surface area contributed by atoms with Crippen molar-refractivity contribution in [2.24, 2.45) is 23.5 Å². The van der Waals surface area contributed by atoms with E-state index in [-0.39, 0.29) is 83.8 Å². The minimum Gasteiger partial charge on any atom is -0.480 e. The normalized spacial score (nSPS) is 37.6. The van der Waals surface area contributed by atoms with Crippen LogP contribution in [0.3, 0.4) is 0 Å². The van der Waals surface area contributed by atoms with Gasteiger partial charge in [-0.15, -0.1) is 0 Å². The van der Waals surface area contributed by atoms with Gasteiger partial charge in [0.2, 0.25) is 29.5 Å². The van der Waals surface area contributed by atoms with E-state index >= 15 is 0 Å². The first kappa shape index (κ1) is 80.6. The van der Waals surface area contributed by atoms with Gasteiger partial charge in [-0.25, -0.2) is 4.79 Å². The van der Waals surface area contributed by atoms with E-state index in [2.05, 4.69) is 16.0 Å². The van der Waals surface area contributed by atoms with Crippen LogP contribution in [0.5, 0.6) is 0 Å². The molecule has 0 spiro atoms. The number of nitrogens with zero attached hydrogens (tertiary/aromatic N) is 2. The van der Waals surface area contributed by atoms with Crippen LogP contribution in [-0.2, 0) is 57.2 Å². The van der Waals surface area contributed by atoms with Crippen molar-refractivity contribution in [3.63, 3.8) is 0 Å². The molecular weight excluding hydrogens is 1260 g/mol. The number of ether oxygens (including phenoxy) is 5. The molecule has 5 heterocycles. The van der Waals surface area contributed by atoms with Gasteiger partial charge in [-0.1, -0.05) is 98.9 Å². The highest BCUT2D eigenvalue weighted by atomic mass is 16.7. The van der Waals surface area contributed by atoms with Crippen LogP contribution in [0.1, 0.15) is 118 Å². The fourth-order valence-corrected chi connectivity index (χ4v) is 12.2. The molecule has 0 aromatic rings. The van der Waals surface area contributed by atoms with Gasteiger partial charge in [-0.05, 0) is 58.8 Å². The number of amides is 5. The van der Waals surface area contributed by atoms with Gasteiger partial charge in [0.1, 0.15) is 24.3 Å².